The summed E-state index contributed by atoms with van der Waals surface area (Å²) in [5.41, 5.74) is 1.17. The van der Waals surface area contributed by atoms with E-state index >= 15 is 0 Å². The van der Waals surface area contributed by atoms with Crippen molar-refractivity contribution in [1.29, 1.82) is 0 Å². The first-order valence-electron chi connectivity index (χ1n) is 12.4. The van der Waals surface area contributed by atoms with Crippen LogP contribution in [0.2, 0.25) is 5.02 Å². The summed E-state index contributed by atoms with van der Waals surface area (Å²) in [4.78, 5) is 0. The predicted octanol–water partition coefficient (Wildman–Crippen LogP) is 5.15. The zero-order chi connectivity index (χ0) is 25.2. The maximum Gasteiger partial charge on any atom is 0.126 e. The van der Waals surface area contributed by atoms with Gasteiger partial charge in [-0.05, 0) is 59.3 Å². The Balaban J connectivity index is 0.00000294. The maximum atomic E-state index is 7.27. The number of fused-ring (bicyclic) bond motifs is 3. The summed E-state index contributed by atoms with van der Waals surface area (Å²) in [6.45, 7) is 0. The van der Waals surface area contributed by atoms with Crippen molar-refractivity contribution in [2.45, 2.75) is 6.16 Å². The molecule has 6 aromatic rings. The molecule has 4 heteroatoms. The highest BCUT2D eigenvalue weighted by molar-refractivity contribution is 7.95. The molecule has 0 heterocycles. The molecule has 0 atom stereocenters. The molecule has 0 saturated heterocycles. The average Bonchev–Trinajstić information content (AvgIpc) is 2.98. The van der Waals surface area contributed by atoms with Crippen LogP contribution in [-0.4, -0.2) is 7.11 Å². The second-order valence-electron chi connectivity index (χ2n) is 9.23. The predicted molar refractivity (Wildman–Crippen MR) is 162 cm³/mol. The SMILES string of the molecule is COc1cccc2c1ccc1c(Cl)c(C[P+](c3ccccc3)(c3ccccc3)c3ccccc3)ccc12.[Br-]. The number of rotatable bonds is 6. The second kappa shape index (κ2) is 11.3. The molecule has 0 aliphatic carbocycles. The highest BCUT2D eigenvalue weighted by atomic mass is 79.9. The van der Waals surface area contributed by atoms with Gasteiger partial charge in [-0.3, -0.25) is 0 Å². The van der Waals surface area contributed by atoms with Gasteiger partial charge in [-0.15, -0.1) is 0 Å². The molecule has 38 heavy (non-hydrogen) atoms. The third-order valence-electron chi connectivity index (χ3n) is 7.25. The largest absolute Gasteiger partial charge is 1.00 e. The molecule has 6 rings (SSSR count). The lowest BCUT2D eigenvalue weighted by Gasteiger charge is -2.28. The van der Waals surface area contributed by atoms with Gasteiger partial charge in [0.15, 0.2) is 0 Å². The van der Waals surface area contributed by atoms with E-state index in [-0.39, 0.29) is 17.0 Å². The molecule has 0 unspecified atom stereocenters. The first-order valence-corrected chi connectivity index (χ1v) is 14.8. The molecule has 0 amide bonds. The highest BCUT2D eigenvalue weighted by Gasteiger charge is 2.45. The Morgan fingerprint density at radius 3 is 1.53 bits per heavy atom. The van der Waals surface area contributed by atoms with Gasteiger partial charge in [0.1, 0.15) is 28.9 Å². The number of hydrogen-bond acceptors (Lipinski definition) is 1. The topological polar surface area (TPSA) is 9.23 Å². The van der Waals surface area contributed by atoms with E-state index < -0.39 is 7.26 Å². The summed E-state index contributed by atoms with van der Waals surface area (Å²) in [6, 6.07) is 47.8. The lowest BCUT2D eigenvalue weighted by Crippen LogP contribution is -3.00. The molecule has 0 radical (unpaired) electrons. The van der Waals surface area contributed by atoms with Gasteiger partial charge in [0.2, 0.25) is 0 Å². The van der Waals surface area contributed by atoms with Gasteiger partial charge < -0.3 is 21.7 Å². The standard InChI is InChI=1S/C34H27ClOP.BrH/c1-36-33-19-11-18-29-30-21-20-25(34(35)32(30)23-22-31(29)33)24-37(26-12-5-2-6-13-26,27-14-7-3-8-15-27)28-16-9-4-10-17-28;/h2-23H,24H2,1H3;1H/q+1;/p-1. The van der Waals surface area contributed by atoms with Crippen LogP contribution < -0.4 is 37.6 Å². The van der Waals surface area contributed by atoms with E-state index in [0.29, 0.717) is 0 Å². The third kappa shape index (κ3) is 4.52. The van der Waals surface area contributed by atoms with Gasteiger partial charge in [0.05, 0.1) is 18.3 Å². The first kappa shape index (κ1) is 26.4. The minimum absolute atomic E-state index is 0. The molecule has 6 aromatic carbocycles. The van der Waals surface area contributed by atoms with Crippen molar-refractivity contribution >= 4 is 56.3 Å². The maximum absolute atomic E-state index is 7.27. The van der Waals surface area contributed by atoms with Crippen LogP contribution in [0.15, 0.2) is 133 Å². The van der Waals surface area contributed by atoms with Gasteiger partial charge in [-0.1, -0.05) is 96.5 Å². The minimum Gasteiger partial charge on any atom is -1.00 e. The zero-order valence-corrected chi connectivity index (χ0v) is 24.3. The van der Waals surface area contributed by atoms with E-state index in [0.717, 1.165) is 38.5 Å². The second-order valence-corrected chi connectivity index (χ2v) is 13.1. The lowest BCUT2D eigenvalue weighted by atomic mass is 10.00. The summed E-state index contributed by atoms with van der Waals surface area (Å²) in [6.07, 6.45) is 0.843. The van der Waals surface area contributed by atoms with E-state index in [2.05, 4.69) is 121 Å². The number of methoxy groups -OCH3 is 1. The lowest BCUT2D eigenvalue weighted by molar-refractivity contribution is -0.00000723. The van der Waals surface area contributed by atoms with Crippen molar-refractivity contribution < 1.29 is 21.7 Å². The van der Waals surface area contributed by atoms with Gasteiger partial charge in [0.25, 0.3) is 0 Å². The Morgan fingerprint density at radius 2 is 1.00 bits per heavy atom. The molecule has 0 aliphatic heterocycles. The normalized spacial score (nSPS) is 11.3. The smallest absolute Gasteiger partial charge is 0.126 e. The fraction of sp³-hybridized carbons (Fsp3) is 0.0588. The number of halogens is 2. The van der Waals surface area contributed by atoms with E-state index in [1.807, 2.05) is 12.1 Å². The van der Waals surface area contributed by atoms with E-state index in [9.17, 15) is 0 Å². The fourth-order valence-corrected chi connectivity index (χ4v) is 10.1. The quantitative estimate of drug-likeness (QED) is 0.191. The molecule has 0 N–H and O–H groups in total. The van der Waals surface area contributed by atoms with E-state index in [4.69, 9.17) is 16.3 Å². The Morgan fingerprint density at radius 1 is 0.526 bits per heavy atom. The zero-order valence-electron chi connectivity index (χ0n) is 21.0. The number of benzene rings is 6. The average molecular weight is 598 g/mol. The highest BCUT2D eigenvalue weighted by Crippen LogP contribution is 2.59. The number of ether oxygens (including phenoxy) is 1. The van der Waals surface area contributed by atoms with Crippen LogP contribution in [0.3, 0.4) is 0 Å². The van der Waals surface area contributed by atoms with Crippen LogP contribution in [0, 0.1) is 0 Å². The molecule has 0 fully saturated rings. The van der Waals surface area contributed by atoms with Crippen LogP contribution in [0.25, 0.3) is 21.5 Å². The number of hydrogen-bond donors (Lipinski definition) is 0. The monoisotopic (exact) mass is 596 g/mol. The molecule has 0 saturated carbocycles. The van der Waals surface area contributed by atoms with Crippen molar-refractivity contribution in [3.63, 3.8) is 0 Å². The Labute approximate surface area is 240 Å². The Bertz CT molecular complexity index is 1590. The summed E-state index contributed by atoms with van der Waals surface area (Å²) < 4.78 is 5.61. The van der Waals surface area contributed by atoms with Gasteiger partial charge in [-0.25, -0.2) is 0 Å². The summed E-state index contributed by atoms with van der Waals surface area (Å²) in [5.74, 6) is 0.877. The van der Waals surface area contributed by atoms with E-state index in [1.54, 1.807) is 7.11 Å². The van der Waals surface area contributed by atoms with Crippen molar-refractivity contribution in [3.8, 4) is 5.75 Å². The molecule has 1 nitrogen and oxygen atoms in total. The van der Waals surface area contributed by atoms with Gasteiger partial charge >= 0.3 is 0 Å². The molecular formula is C34H27BrClOP. The molecule has 0 aromatic heterocycles. The fourth-order valence-electron chi connectivity index (χ4n) is 5.48. The van der Waals surface area contributed by atoms with Gasteiger partial charge in [0, 0.05) is 16.3 Å². The van der Waals surface area contributed by atoms with E-state index in [1.165, 1.54) is 21.5 Å². The molecule has 0 spiro atoms. The molecular weight excluding hydrogens is 571 g/mol. The van der Waals surface area contributed by atoms with Crippen LogP contribution in [0.5, 0.6) is 5.75 Å². The van der Waals surface area contributed by atoms with Crippen molar-refractivity contribution in [2.75, 3.05) is 7.11 Å². The summed E-state index contributed by atoms with van der Waals surface area (Å²) in [7, 11) is -0.328. The van der Waals surface area contributed by atoms with Crippen LogP contribution >= 0.6 is 18.9 Å². The van der Waals surface area contributed by atoms with Crippen LogP contribution in [0.4, 0.5) is 0 Å². The molecule has 0 bridgehead atoms. The first-order chi connectivity index (χ1) is 18.2. The molecule has 0 aliphatic rings. The van der Waals surface area contributed by atoms with Crippen molar-refractivity contribution in [1.82, 2.24) is 0 Å². The Kier molecular flexibility index (Phi) is 7.86. The van der Waals surface area contributed by atoms with Crippen molar-refractivity contribution in [3.05, 3.63) is 144 Å². The van der Waals surface area contributed by atoms with Crippen LogP contribution in [0.1, 0.15) is 5.56 Å². The molecule has 188 valence electrons. The summed E-state index contributed by atoms with van der Waals surface area (Å²) in [5, 5.41) is 9.36. The summed E-state index contributed by atoms with van der Waals surface area (Å²) >= 11 is 7.27. The third-order valence-corrected chi connectivity index (χ3v) is 12.1. The minimum atomic E-state index is -2.05. The van der Waals surface area contributed by atoms with Crippen LogP contribution in [-0.2, 0) is 6.16 Å². The van der Waals surface area contributed by atoms with Crippen molar-refractivity contribution in [2.24, 2.45) is 0 Å². The Hall–Kier alpha value is -3.16. The van der Waals surface area contributed by atoms with Gasteiger partial charge in [-0.2, -0.15) is 0 Å².